The molecule has 8 nitrogen and oxygen atoms in total. The molecule has 40 heavy (non-hydrogen) atoms. The number of para-hydroxylation sites is 1. The van der Waals surface area contributed by atoms with E-state index in [2.05, 4.69) is 10.6 Å². The Morgan fingerprint density at radius 1 is 1.20 bits per heavy atom. The number of carboxylic acids is 1. The summed E-state index contributed by atoms with van der Waals surface area (Å²) in [5.74, 6) is -1.52. The number of fused-ring (bicyclic) bond motifs is 1. The maximum absolute atomic E-state index is 14.5. The number of likely N-dealkylation sites (tertiary alicyclic amines) is 1. The van der Waals surface area contributed by atoms with Gasteiger partial charge < -0.3 is 25.2 Å². The van der Waals surface area contributed by atoms with E-state index in [-0.39, 0.29) is 53.0 Å². The summed E-state index contributed by atoms with van der Waals surface area (Å²) in [5.41, 5.74) is 2.19. The number of aryl methyl sites for hydroxylation is 1. The van der Waals surface area contributed by atoms with Crippen molar-refractivity contribution in [2.45, 2.75) is 43.3 Å². The Bertz CT molecular complexity index is 1530. The Morgan fingerprint density at radius 2 is 1.98 bits per heavy atom. The van der Waals surface area contributed by atoms with Gasteiger partial charge in [-0.25, -0.2) is 4.39 Å². The van der Waals surface area contributed by atoms with Crippen LogP contribution in [0.4, 0.5) is 10.1 Å². The highest BCUT2D eigenvalue weighted by Crippen LogP contribution is 2.37. The maximum Gasteiger partial charge on any atom is 0.303 e. The van der Waals surface area contributed by atoms with E-state index in [4.69, 9.17) is 28.3 Å². The van der Waals surface area contributed by atoms with E-state index in [0.29, 0.717) is 23.2 Å². The summed E-state index contributed by atoms with van der Waals surface area (Å²) in [7, 11) is 1.86. The van der Waals surface area contributed by atoms with Crippen LogP contribution in [0.5, 0.6) is 0 Å². The second kappa shape index (κ2) is 11.7. The smallest absolute Gasteiger partial charge is 0.303 e. The quantitative estimate of drug-likeness (QED) is 0.310. The Hall–Kier alpha value is -3.21. The van der Waals surface area contributed by atoms with E-state index in [1.165, 1.54) is 22.7 Å². The summed E-state index contributed by atoms with van der Waals surface area (Å²) in [5, 5.41) is 15.9. The molecule has 0 aliphatic carbocycles. The van der Waals surface area contributed by atoms with Gasteiger partial charge in [0.2, 0.25) is 5.91 Å². The van der Waals surface area contributed by atoms with Gasteiger partial charge >= 0.3 is 5.97 Å². The zero-order valence-corrected chi connectivity index (χ0v) is 23.8. The lowest BCUT2D eigenvalue weighted by atomic mass is 10.1. The standard InChI is InChI=1S/C28H27Cl2FN4O4S/c1-34-14-19(18-4-2-3-5-23(18)34)27(39)33-22-11-20(29)15(8-21(22)30)9-25(36)35-13-16(31)10-24(35)28-32-12-17(40-28)6-7-26(37)38/h2-5,8,11-12,14,16,24,28,32H,6-7,9-10,13H2,1H3,(H,33,39)(H,37,38)/t16-,24-,28?/m0/s1. The predicted molar refractivity (Wildman–Crippen MR) is 156 cm³/mol. The fourth-order valence-electron chi connectivity index (χ4n) is 5.14. The number of alkyl halides is 1. The number of rotatable bonds is 8. The molecule has 0 radical (unpaired) electrons. The second-order valence-electron chi connectivity index (χ2n) is 9.88. The highest BCUT2D eigenvalue weighted by atomic mass is 35.5. The van der Waals surface area contributed by atoms with Crippen molar-refractivity contribution in [1.29, 1.82) is 0 Å². The van der Waals surface area contributed by atoms with E-state index in [9.17, 15) is 18.8 Å². The number of hydrogen-bond donors (Lipinski definition) is 3. The number of halogens is 3. The minimum Gasteiger partial charge on any atom is -0.481 e. The van der Waals surface area contributed by atoms with Crippen LogP contribution in [0.15, 0.2) is 53.7 Å². The molecule has 2 aliphatic heterocycles. The normalized spacial score (nSPS) is 20.4. The summed E-state index contributed by atoms with van der Waals surface area (Å²) in [6.45, 7) is -0.0305. The van der Waals surface area contributed by atoms with Gasteiger partial charge in [0.15, 0.2) is 0 Å². The third-order valence-corrected chi connectivity index (χ3v) is 9.10. The van der Waals surface area contributed by atoms with Gasteiger partial charge in [0.25, 0.3) is 5.91 Å². The number of allylic oxidation sites excluding steroid dienone is 1. The minimum absolute atomic E-state index is 0.00390. The van der Waals surface area contributed by atoms with E-state index < -0.39 is 18.2 Å². The van der Waals surface area contributed by atoms with Crippen LogP contribution in [0.25, 0.3) is 10.9 Å². The first kappa shape index (κ1) is 28.3. The summed E-state index contributed by atoms with van der Waals surface area (Å²) in [4.78, 5) is 39.6. The van der Waals surface area contributed by atoms with Crippen molar-refractivity contribution >= 4 is 69.3 Å². The maximum atomic E-state index is 14.5. The topological polar surface area (TPSA) is 104 Å². The molecule has 1 aromatic heterocycles. The Morgan fingerprint density at radius 3 is 2.75 bits per heavy atom. The number of aliphatic carboxylic acids is 1. The Balaban J connectivity index is 1.26. The number of benzene rings is 2. The molecule has 12 heteroatoms. The first-order valence-electron chi connectivity index (χ1n) is 12.7. The third kappa shape index (κ3) is 5.94. The molecule has 1 fully saturated rings. The molecule has 0 saturated carbocycles. The van der Waals surface area contributed by atoms with Crippen molar-refractivity contribution in [3.05, 3.63) is 74.9 Å². The van der Waals surface area contributed by atoms with Crippen LogP contribution >= 0.6 is 35.0 Å². The molecular weight excluding hydrogens is 578 g/mol. The summed E-state index contributed by atoms with van der Waals surface area (Å²) in [6, 6.07) is 10.2. The molecule has 210 valence electrons. The van der Waals surface area contributed by atoms with Gasteiger partial charge in [0.05, 0.1) is 40.7 Å². The highest BCUT2D eigenvalue weighted by Gasteiger charge is 2.41. The van der Waals surface area contributed by atoms with Crippen molar-refractivity contribution < 1.29 is 23.9 Å². The molecule has 2 amide bonds. The van der Waals surface area contributed by atoms with Crippen LogP contribution in [0, 0.1) is 0 Å². The number of hydrogen-bond acceptors (Lipinski definition) is 5. The number of amides is 2. The first-order chi connectivity index (χ1) is 19.1. The fraction of sp³-hybridized carbons (Fsp3) is 0.321. The number of carbonyl (C=O) groups excluding carboxylic acids is 2. The Labute approximate surface area is 244 Å². The van der Waals surface area contributed by atoms with Crippen molar-refractivity contribution in [3.8, 4) is 0 Å². The zero-order chi connectivity index (χ0) is 28.6. The summed E-state index contributed by atoms with van der Waals surface area (Å²) in [6.07, 6.45) is 2.80. The average Bonchev–Trinajstić information content (AvgIpc) is 3.63. The number of carboxylic acid groups (broad SMARTS) is 1. The molecule has 3 aromatic rings. The van der Waals surface area contributed by atoms with Crippen LogP contribution in [-0.2, 0) is 23.1 Å². The van der Waals surface area contributed by atoms with E-state index in [0.717, 1.165) is 15.8 Å². The average molecular weight is 606 g/mol. The van der Waals surface area contributed by atoms with Gasteiger partial charge in [-0.05, 0) is 30.2 Å². The first-order valence-corrected chi connectivity index (χ1v) is 14.3. The number of aromatic nitrogens is 1. The molecule has 3 heterocycles. The van der Waals surface area contributed by atoms with Crippen LogP contribution in [0.3, 0.4) is 0 Å². The largest absolute Gasteiger partial charge is 0.481 e. The predicted octanol–water partition coefficient (Wildman–Crippen LogP) is 5.59. The lowest BCUT2D eigenvalue weighted by molar-refractivity contribution is -0.137. The third-order valence-electron chi connectivity index (χ3n) is 7.10. The van der Waals surface area contributed by atoms with Crippen molar-refractivity contribution in [2.75, 3.05) is 11.9 Å². The van der Waals surface area contributed by atoms with Crippen LogP contribution in [0.1, 0.15) is 35.2 Å². The minimum atomic E-state index is -1.16. The molecular formula is C28H27Cl2FN4O4S. The van der Waals surface area contributed by atoms with Crippen LogP contribution in [-0.4, -0.2) is 56.5 Å². The number of carbonyl (C=O) groups is 3. The van der Waals surface area contributed by atoms with Gasteiger partial charge in [-0.1, -0.05) is 41.4 Å². The zero-order valence-electron chi connectivity index (χ0n) is 21.5. The number of thioether (sulfide) groups is 1. The van der Waals surface area contributed by atoms with Crippen LogP contribution in [0.2, 0.25) is 10.0 Å². The molecule has 1 saturated heterocycles. The number of anilines is 1. The summed E-state index contributed by atoms with van der Waals surface area (Å²) >= 11 is 14.4. The van der Waals surface area contributed by atoms with E-state index in [1.54, 1.807) is 18.5 Å². The van der Waals surface area contributed by atoms with Gasteiger partial charge in [-0.15, -0.1) is 11.8 Å². The van der Waals surface area contributed by atoms with Gasteiger partial charge in [-0.2, -0.15) is 0 Å². The Kier molecular flexibility index (Phi) is 8.30. The molecule has 2 aromatic carbocycles. The molecule has 3 atom stereocenters. The molecule has 0 spiro atoms. The van der Waals surface area contributed by atoms with E-state index >= 15 is 0 Å². The lowest BCUT2D eigenvalue weighted by Gasteiger charge is -2.29. The van der Waals surface area contributed by atoms with Crippen LogP contribution < -0.4 is 10.6 Å². The second-order valence-corrected chi connectivity index (χ2v) is 12.0. The molecule has 2 aliphatic rings. The lowest BCUT2D eigenvalue weighted by Crippen LogP contribution is -2.45. The van der Waals surface area contributed by atoms with Gasteiger partial charge in [0, 0.05) is 53.1 Å². The van der Waals surface area contributed by atoms with Crippen molar-refractivity contribution in [3.63, 3.8) is 0 Å². The van der Waals surface area contributed by atoms with Gasteiger partial charge in [-0.3, -0.25) is 14.4 Å². The molecule has 3 N–H and O–H groups in total. The number of nitrogens with one attached hydrogen (secondary N) is 2. The van der Waals surface area contributed by atoms with E-state index in [1.807, 2.05) is 35.9 Å². The number of nitrogens with zero attached hydrogens (tertiary/aromatic N) is 2. The van der Waals surface area contributed by atoms with Crippen molar-refractivity contribution in [2.24, 2.45) is 7.05 Å². The monoisotopic (exact) mass is 604 g/mol. The summed E-state index contributed by atoms with van der Waals surface area (Å²) < 4.78 is 16.3. The molecule has 0 bridgehead atoms. The fourth-order valence-corrected chi connectivity index (χ4v) is 6.84. The highest BCUT2D eigenvalue weighted by molar-refractivity contribution is 8.03. The van der Waals surface area contributed by atoms with Crippen molar-refractivity contribution in [1.82, 2.24) is 14.8 Å². The molecule has 1 unspecified atom stereocenters. The SMILES string of the molecule is Cn1cc(C(=O)Nc2cc(Cl)c(CC(=O)N3C[C@@H](F)C[C@H]3C3NC=C(CCC(=O)O)S3)cc2Cl)c2ccccc21. The molecule has 5 rings (SSSR count). The van der Waals surface area contributed by atoms with Gasteiger partial charge in [0.1, 0.15) is 6.17 Å².